The van der Waals surface area contributed by atoms with Gasteiger partial charge in [-0.25, -0.2) is 16.8 Å². The number of sulfone groups is 2. The van der Waals surface area contributed by atoms with E-state index in [1.807, 2.05) is 13.8 Å². The number of rotatable bonds is 5. The van der Waals surface area contributed by atoms with Gasteiger partial charge >= 0.3 is 0 Å². The summed E-state index contributed by atoms with van der Waals surface area (Å²) in [5, 5.41) is 0. The van der Waals surface area contributed by atoms with Crippen molar-refractivity contribution in [2.45, 2.75) is 40.8 Å². The molecular weight excluding hydrogens is 364 g/mol. The molecule has 0 aliphatic carbocycles. The molecule has 1 aromatic rings. The maximum absolute atomic E-state index is 11.9. The molecule has 1 rings (SSSR count). The summed E-state index contributed by atoms with van der Waals surface area (Å²) in [6, 6.07) is 4.32. The van der Waals surface area contributed by atoms with Gasteiger partial charge in [0.25, 0.3) is 0 Å². The molecule has 0 bridgehead atoms. The van der Waals surface area contributed by atoms with Crippen molar-refractivity contribution >= 4 is 35.6 Å². The molecule has 0 aliphatic rings. The van der Waals surface area contributed by atoms with E-state index in [4.69, 9.17) is 0 Å². The predicted molar refractivity (Wildman–Crippen MR) is 84.1 cm³/mol. The fourth-order valence-corrected chi connectivity index (χ4v) is 4.02. The Morgan fingerprint density at radius 1 is 1.10 bits per heavy atom. The molecule has 0 spiro atoms. The molecule has 1 aromatic carbocycles. The molecule has 0 aliphatic heterocycles. The maximum Gasteiger partial charge on any atom is 0.175 e. The lowest BCUT2D eigenvalue weighted by Gasteiger charge is -2.20. The maximum atomic E-state index is 11.9. The quantitative estimate of drug-likeness (QED) is 0.734. The van der Waals surface area contributed by atoms with Gasteiger partial charge in [-0.15, -0.1) is 0 Å². The third-order valence-electron chi connectivity index (χ3n) is 3.24. The minimum atomic E-state index is -3.49. The minimum Gasteiger partial charge on any atom is -0.224 e. The number of benzene rings is 1. The van der Waals surface area contributed by atoms with E-state index in [0.717, 1.165) is 18.9 Å². The Kier molecular flexibility index (Phi) is 5.43. The molecule has 0 N–H and O–H groups in total. The van der Waals surface area contributed by atoms with Crippen LogP contribution in [0, 0.1) is 0 Å². The second kappa shape index (κ2) is 6.15. The zero-order valence-electron chi connectivity index (χ0n) is 11.9. The van der Waals surface area contributed by atoms with Crippen LogP contribution in [0.3, 0.4) is 0 Å². The van der Waals surface area contributed by atoms with Gasteiger partial charge in [0.1, 0.15) is 0 Å². The summed E-state index contributed by atoms with van der Waals surface area (Å²) >= 11 is 3.52. The predicted octanol–water partition coefficient (Wildman–Crippen LogP) is 2.77. The van der Waals surface area contributed by atoms with Crippen molar-refractivity contribution in [2.24, 2.45) is 0 Å². The highest BCUT2D eigenvalue weighted by atomic mass is 79.9. The molecule has 0 fully saturated rings. The van der Waals surface area contributed by atoms with Gasteiger partial charge in [0.2, 0.25) is 0 Å². The summed E-state index contributed by atoms with van der Waals surface area (Å²) in [6.07, 6.45) is 3.01. The first kappa shape index (κ1) is 17.7. The zero-order chi connectivity index (χ0) is 15.7. The Labute approximate surface area is 129 Å². The van der Waals surface area contributed by atoms with Gasteiger partial charge in [0.05, 0.1) is 9.79 Å². The lowest BCUT2D eigenvalue weighted by Crippen LogP contribution is -2.13. The van der Waals surface area contributed by atoms with Gasteiger partial charge in [0, 0.05) is 17.3 Å². The van der Waals surface area contributed by atoms with Crippen LogP contribution >= 0.6 is 15.9 Å². The van der Waals surface area contributed by atoms with E-state index in [1.165, 1.54) is 12.1 Å². The average molecular weight is 383 g/mol. The fourth-order valence-electron chi connectivity index (χ4n) is 1.99. The molecule has 2 unspecified atom stereocenters. The summed E-state index contributed by atoms with van der Waals surface area (Å²) in [4.78, 5) is 0.245. The molecule has 0 heterocycles. The third-order valence-corrected chi connectivity index (χ3v) is 6.94. The molecule has 2 atom stereocenters. The highest BCUT2D eigenvalue weighted by Crippen LogP contribution is 2.32. The number of hydrogen-bond donors (Lipinski definition) is 0. The summed E-state index contributed by atoms with van der Waals surface area (Å²) in [6.45, 7) is 3.92. The second-order valence-corrected chi connectivity index (χ2v) is 10.1. The van der Waals surface area contributed by atoms with Crippen LogP contribution in [-0.4, -0.2) is 34.2 Å². The van der Waals surface area contributed by atoms with Gasteiger partial charge in [0.15, 0.2) is 19.7 Å². The lowest BCUT2D eigenvalue weighted by atomic mass is 9.96. The SMILES string of the molecule is CCC(Br)C(C)c1ccc(S(C)(=O)=O)cc1S(C)(=O)=O. The topological polar surface area (TPSA) is 68.3 Å². The van der Waals surface area contributed by atoms with Crippen molar-refractivity contribution in [1.82, 2.24) is 0 Å². The first-order valence-electron chi connectivity index (χ1n) is 6.16. The molecule has 0 radical (unpaired) electrons. The van der Waals surface area contributed by atoms with Crippen LogP contribution in [0.1, 0.15) is 31.7 Å². The number of hydrogen-bond acceptors (Lipinski definition) is 4. The normalized spacial score (nSPS) is 15.8. The highest BCUT2D eigenvalue weighted by Gasteiger charge is 2.24. The van der Waals surface area contributed by atoms with E-state index in [9.17, 15) is 16.8 Å². The van der Waals surface area contributed by atoms with E-state index in [-0.39, 0.29) is 20.5 Å². The van der Waals surface area contributed by atoms with E-state index in [2.05, 4.69) is 15.9 Å². The number of halogens is 1. The van der Waals surface area contributed by atoms with E-state index in [0.29, 0.717) is 5.56 Å². The van der Waals surface area contributed by atoms with Crippen LogP contribution in [0.4, 0.5) is 0 Å². The molecule has 4 nitrogen and oxygen atoms in total. The number of alkyl halides is 1. The van der Waals surface area contributed by atoms with E-state index >= 15 is 0 Å². The standard InChI is InChI=1S/C13H19BrO4S2/c1-5-12(14)9(2)11-7-6-10(19(3,15)16)8-13(11)20(4,17)18/h6-9,12H,5H2,1-4H3. The van der Waals surface area contributed by atoms with Gasteiger partial charge in [-0.05, 0) is 30.0 Å². The van der Waals surface area contributed by atoms with Gasteiger partial charge in [-0.3, -0.25) is 0 Å². The van der Waals surface area contributed by atoms with Gasteiger partial charge in [-0.1, -0.05) is 35.8 Å². The van der Waals surface area contributed by atoms with E-state index in [1.54, 1.807) is 6.07 Å². The van der Waals surface area contributed by atoms with Crippen LogP contribution in [0.2, 0.25) is 0 Å². The van der Waals surface area contributed by atoms with Crippen LogP contribution in [0.25, 0.3) is 0 Å². The first-order chi connectivity index (χ1) is 8.98. The van der Waals surface area contributed by atoms with Crippen LogP contribution in [0.15, 0.2) is 28.0 Å². The van der Waals surface area contributed by atoms with Crippen LogP contribution < -0.4 is 0 Å². The molecule has 20 heavy (non-hydrogen) atoms. The molecule has 0 aromatic heterocycles. The fraction of sp³-hybridized carbons (Fsp3) is 0.538. The Morgan fingerprint density at radius 2 is 1.65 bits per heavy atom. The largest absolute Gasteiger partial charge is 0.224 e. The molecule has 0 saturated carbocycles. The molecule has 7 heteroatoms. The average Bonchev–Trinajstić information content (AvgIpc) is 2.34. The van der Waals surface area contributed by atoms with Gasteiger partial charge < -0.3 is 0 Å². The Hall–Kier alpha value is -0.400. The Bertz CT molecular complexity index is 693. The van der Waals surface area contributed by atoms with Crippen molar-refractivity contribution < 1.29 is 16.8 Å². The zero-order valence-corrected chi connectivity index (χ0v) is 15.1. The lowest BCUT2D eigenvalue weighted by molar-refractivity contribution is 0.595. The monoisotopic (exact) mass is 382 g/mol. The summed E-state index contributed by atoms with van der Waals surface area (Å²) in [5.74, 6) is -0.0293. The summed E-state index contributed by atoms with van der Waals surface area (Å²) < 4.78 is 47.0. The van der Waals surface area contributed by atoms with Crippen molar-refractivity contribution in [3.8, 4) is 0 Å². The smallest absolute Gasteiger partial charge is 0.175 e. The summed E-state index contributed by atoms with van der Waals surface area (Å²) in [5.41, 5.74) is 0.642. The Morgan fingerprint density at radius 3 is 2.05 bits per heavy atom. The van der Waals surface area contributed by atoms with Crippen LogP contribution in [0.5, 0.6) is 0 Å². The van der Waals surface area contributed by atoms with Crippen LogP contribution in [-0.2, 0) is 19.7 Å². The molecule has 114 valence electrons. The third kappa shape index (κ3) is 4.05. The molecule has 0 amide bonds. The highest BCUT2D eigenvalue weighted by molar-refractivity contribution is 9.09. The molecular formula is C13H19BrO4S2. The first-order valence-corrected chi connectivity index (χ1v) is 10.9. The van der Waals surface area contributed by atoms with E-state index < -0.39 is 19.7 Å². The van der Waals surface area contributed by atoms with Crippen molar-refractivity contribution in [1.29, 1.82) is 0 Å². The minimum absolute atomic E-state index is 0.0245. The van der Waals surface area contributed by atoms with Gasteiger partial charge in [-0.2, -0.15) is 0 Å². The second-order valence-electron chi connectivity index (χ2n) is 4.96. The Balaban J connectivity index is 3.56. The summed E-state index contributed by atoms with van der Waals surface area (Å²) in [7, 11) is -6.92. The van der Waals surface area contributed by atoms with Crippen molar-refractivity contribution in [3.63, 3.8) is 0 Å². The molecule has 0 saturated heterocycles. The van der Waals surface area contributed by atoms with Crippen molar-refractivity contribution in [2.75, 3.05) is 12.5 Å². The van der Waals surface area contributed by atoms with Crippen molar-refractivity contribution in [3.05, 3.63) is 23.8 Å².